The van der Waals surface area contributed by atoms with Crippen molar-refractivity contribution in [1.82, 2.24) is 0 Å². The van der Waals surface area contributed by atoms with Crippen molar-refractivity contribution in [1.29, 1.82) is 0 Å². The van der Waals surface area contributed by atoms with E-state index in [2.05, 4.69) is 0 Å². The van der Waals surface area contributed by atoms with Crippen LogP contribution in [-0.4, -0.2) is 24.7 Å². The van der Waals surface area contributed by atoms with Crippen molar-refractivity contribution < 1.29 is 17.6 Å². The molecule has 0 heterocycles. The van der Waals surface area contributed by atoms with Gasteiger partial charge < -0.3 is 0 Å². The number of halogens is 4. The molecule has 0 amide bonds. The second-order valence-electron chi connectivity index (χ2n) is 3.56. The molecule has 1 fully saturated rings. The van der Waals surface area contributed by atoms with E-state index in [4.69, 9.17) is 0 Å². The monoisotopic (exact) mass is 198 g/mol. The molecule has 4 atom stereocenters. The van der Waals surface area contributed by atoms with E-state index in [1.807, 2.05) is 0 Å². The van der Waals surface area contributed by atoms with Gasteiger partial charge in [0.05, 0.1) is 0 Å². The van der Waals surface area contributed by atoms with Crippen molar-refractivity contribution in [2.75, 3.05) is 0 Å². The van der Waals surface area contributed by atoms with E-state index in [1.54, 1.807) is 0 Å². The predicted octanol–water partition coefficient (Wildman–Crippen LogP) is 3.30. The standard InChI is InChI=1S/C9H14F4/c10-6-4-2-1-3-5-7(11)9(13)8(6)12/h6-9H,1-5H2. The summed E-state index contributed by atoms with van der Waals surface area (Å²) in [5.74, 6) is 0. The van der Waals surface area contributed by atoms with Crippen LogP contribution >= 0.6 is 0 Å². The van der Waals surface area contributed by atoms with Crippen LogP contribution in [-0.2, 0) is 0 Å². The Bertz CT molecular complexity index is 135. The zero-order valence-electron chi connectivity index (χ0n) is 7.36. The molecule has 4 heteroatoms. The Morgan fingerprint density at radius 2 is 1.00 bits per heavy atom. The average Bonchev–Trinajstić information content (AvgIpc) is 2.16. The minimum Gasteiger partial charge on any atom is -0.244 e. The topological polar surface area (TPSA) is 0 Å². The predicted molar refractivity (Wildman–Crippen MR) is 42.7 cm³/mol. The summed E-state index contributed by atoms with van der Waals surface area (Å²) in [7, 11) is 0. The molecule has 1 aliphatic rings. The van der Waals surface area contributed by atoms with Crippen LogP contribution in [0.25, 0.3) is 0 Å². The van der Waals surface area contributed by atoms with Crippen LogP contribution in [0.5, 0.6) is 0 Å². The third-order valence-electron chi connectivity index (χ3n) is 2.46. The molecule has 13 heavy (non-hydrogen) atoms. The second kappa shape index (κ2) is 4.82. The Balaban J connectivity index is 2.57. The molecule has 0 saturated heterocycles. The van der Waals surface area contributed by atoms with E-state index in [9.17, 15) is 17.6 Å². The number of hydrogen-bond donors (Lipinski definition) is 0. The molecule has 0 aromatic heterocycles. The highest BCUT2D eigenvalue weighted by molar-refractivity contribution is 4.83. The maximum atomic E-state index is 12.9. The van der Waals surface area contributed by atoms with Gasteiger partial charge in [0.25, 0.3) is 0 Å². The van der Waals surface area contributed by atoms with Gasteiger partial charge in [0.15, 0.2) is 12.3 Å². The number of alkyl halides is 4. The fourth-order valence-electron chi connectivity index (χ4n) is 1.57. The molecule has 4 unspecified atom stereocenters. The van der Waals surface area contributed by atoms with E-state index < -0.39 is 24.7 Å². The van der Waals surface area contributed by atoms with Crippen molar-refractivity contribution in [2.45, 2.75) is 56.8 Å². The van der Waals surface area contributed by atoms with Crippen LogP contribution in [0.15, 0.2) is 0 Å². The first-order chi connectivity index (χ1) is 6.13. The molecule has 1 aliphatic carbocycles. The van der Waals surface area contributed by atoms with Crippen molar-refractivity contribution >= 4 is 0 Å². The minimum absolute atomic E-state index is 0.00824. The summed E-state index contributed by atoms with van der Waals surface area (Å²) < 4.78 is 51.4. The third-order valence-corrected chi connectivity index (χ3v) is 2.46. The van der Waals surface area contributed by atoms with Gasteiger partial charge >= 0.3 is 0 Å². The normalized spacial score (nSPS) is 43.4. The van der Waals surface area contributed by atoms with Crippen LogP contribution in [0, 0.1) is 0 Å². The molecule has 0 spiro atoms. The Morgan fingerprint density at radius 3 is 1.38 bits per heavy atom. The molecule has 0 aromatic rings. The van der Waals surface area contributed by atoms with E-state index in [1.165, 1.54) is 0 Å². The molecule has 0 N–H and O–H groups in total. The molecule has 0 nitrogen and oxygen atoms in total. The Hall–Kier alpha value is -0.280. The van der Waals surface area contributed by atoms with Gasteiger partial charge in [-0.2, -0.15) is 0 Å². The van der Waals surface area contributed by atoms with E-state index in [-0.39, 0.29) is 12.8 Å². The molecule has 0 aliphatic heterocycles. The first-order valence-electron chi connectivity index (χ1n) is 4.69. The number of hydrogen-bond acceptors (Lipinski definition) is 0. The van der Waals surface area contributed by atoms with Crippen molar-refractivity contribution in [3.63, 3.8) is 0 Å². The Labute approximate surface area is 75.3 Å². The minimum atomic E-state index is -2.28. The molecular weight excluding hydrogens is 184 g/mol. The largest absolute Gasteiger partial charge is 0.244 e. The highest BCUT2D eigenvalue weighted by atomic mass is 19.2. The lowest BCUT2D eigenvalue weighted by Gasteiger charge is -2.18. The molecule has 78 valence electrons. The zero-order chi connectivity index (χ0) is 9.84. The molecule has 1 saturated carbocycles. The Morgan fingerprint density at radius 1 is 0.615 bits per heavy atom. The van der Waals surface area contributed by atoms with Gasteiger partial charge in [-0.3, -0.25) is 0 Å². The average molecular weight is 198 g/mol. The van der Waals surface area contributed by atoms with Crippen molar-refractivity contribution in [3.05, 3.63) is 0 Å². The van der Waals surface area contributed by atoms with Crippen LogP contribution in [0.3, 0.4) is 0 Å². The Kier molecular flexibility index (Phi) is 4.00. The van der Waals surface area contributed by atoms with E-state index >= 15 is 0 Å². The first kappa shape index (κ1) is 10.8. The summed E-state index contributed by atoms with van der Waals surface area (Å²) in [4.78, 5) is 0. The van der Waals surface area contributed by atoms with E-state index in [0.29, 0.717) is 19.3 Å². The van der Waals surface area contributed by atoms with Crippen molar-refractivity contribution in [3.8, 4) is 0 Å². The molecule has 0 radical (unpaired) electrons. The van der Waals surface area contributed by atoms with Crippen LogP contribution < -0.4 is 0 Å². The quantitative estimate of drug-likeness (QED) is 0.524. The van der Waals surface area contributed by atoms with Crippen LogP contribution in [0.4, 0.5) is 17.6 Å². The molecule has 1 rings (SSSR count). The van der Waals surface area contributed by atoms with Crippen molar-refractivity contribution in [2.24, 2.45) is 0 Å². The summed E-state index contributed by atoms with van der Waals surface area (Å²) in [5.41, 5.74) is 0. The highest BCUT2D eigenvalue weighted by Crippen LogP contribution is 2.26. The van der Waals surface area contributed by atoms with Gasteiger partial charge in [0.1, 0.15) is 12.3 Å². The van der Waals surface area contributed by atoms with Crippen LogP contribution in [0.2, 0.25) is 0 Å². The second-order valence-corrected chi connectivity index (χ2v) is 3.56. The number of rotatable bonds is 0. The van der Waals surface area contributed by atoms with Gasteiger partial charge in [-0.15, -0.1) is 0 Å². The summed E-state index contributed by atoms with van der Waals surface area (Å²) in [6.45, 7) is 0. The van der Waals surface area contributed by atoms with E-state index in [0.717, 1.165) is 0 Å². The molecule has 0 aromatic carbocycles. The van der Waals surface area contributed by atoms with Gasteiger partial charge in [-0.25, -0.2) is 17.6 Å². The maximum absolute atomic E-state index is 12.9. The summed E-state index contributed by atoms with van der Waals surface area (Å²) in [6, 6.07) is 0. The SMILES string of the molecule is FC1CCCCCC(F)C(F)C1F. The highest BCUT2D eigenvalue weighted by Gasteiger charge is 2.36. The van der Waals surface area contributed by atoms with Crippen LogP contribution in [0.1, 0.15) is 32.1 Å². The summed E-state index contributed by atoms with van der Waals surface area (Å²) in [6.07, 6.45) is -6.55. The zero-order valence-corrected chi connectivity index (χ0v) is 7.36. The molecular formula is C9H14F4. The fourth-order valence-corrected chi connectivity index (χ4v) is 1.57. The third kappa shape index (κ3) is 2.85. The smallest absolute Gasteiger partial charge is 0.165 e. The maximum Gasteiger partial charge on any atom is 0.165 e. The van der Waals surface area contributed by atoms with Gasteiger partial charge in [-0.1, -0.05) is 19.3 Å². The molecule has 0 bridgehead atoms. The lowest BCUT2D eigenvalue weighted by atomic mass is 10.0. The lowest BCUT2D eigenvalue weighted by Crippen LogP contribution is -2.34. The van der Waals surface area contributed by atoms with Gasteiger partial charge in [0.2, 0.25) is 0 Å². The lowest BCUT2D eigenvalue weighted by molar-refractivity contribution is 0.0304. The van der Waals surface area contributed by atoms with Gasteiger partial charge in [0, 0.05) is 0 Å². The van der Waals surface area contributed by atoms with Gasteiger partial charge in [-0.05, 0) is 12.8 Å². The summed E-state index contributed by atoms with van der Waals surface area (Å²) >= 11 is 0. The first-order valence-corrected chi connectivity index (χ1v) is 4.69. The summed E-state index contributed by atoms with van der Waals surface area (Å²) in [5, 5.41) is 0. The fraction of sp³-hybridized carbons (Fsp3) is 1.00.